The molecule has 1 aromatic rings. The molecule has 0 bridgehead atoms. The number of nitrogens with zero attached hydrogens (tertiary/aromatic N) is 1. The number of anilines is 1. The van der Waals surface area contributed by atoms with Crippen LogP contribution in [0.3, 0.4) is 0 Å². The zero-order chi connectivity index (χ0) is 19.2. The number of esters is 1. The van der Waals surface area contributed by atoms with Gasteiger partial charge in [0, 0.05) is 12.2 Å². The Hall–Kier alpha value is -2.08. The molecule has 6 heteroatoms. The fraction of sp³-hybridized carbons (Fsp3) is 0.579. The Kier molecular flexibility index (Phi) is 7.42. The Morgan fingerprint density at radius 1 is 1.24 bits per heavy atom. The van der Waals surface area contributed by atoms with Gasteiger partial charge in [-0.05, 0) is 51.4 Å². The van der Waals surface area contributed by atoms with Gasteiger partial charge in [0.25, 0.3) is 0 Å². The van der Waals surface area contributed by atoms with Gasteiger partial charge >= 0.3 is 12.1 Å². The van der Waals surface area contributed by atoms with Crippen LogP contribution in [0.2, 0.25) is 0 Å². The second-order valence-corrected chi connectivity index (χ2v) is 7.45. The van der Waals surface area contributed by atoms with E-state index in [4.69, 9.17) is 9.47 Å². The summed E-state index contributed by atoms with van der Waals surface area (Å²) >= 11 is 0. The molecule has 1 rings (SSSR count). The molecule has 0 saturated carbocycles. The molecule has 0 aromatic heterocycles. The van der Waals surface area contributed by atoms with Crippen LogP contribution in [0, 0.1) is 5.92 Å². The minimum atomic E-state index is -0.549. The lowest BCUT2D eigenvalue weighted by molar-refractivity contribution is -0.148. The van der Waals surface area contributed by atoms with Crippen molar-refractivity contribution in [2.24, 2.45) is 5.92 Å². The number of rotatable bonds is 6. The highest BCUT2D eigenvalue weighted by Crippen LogP contribution is 2.18. The number of hydrogen-bond acceptors (Lipinski definition) is 5. The molecule has 0 radical (unpaired) electrons. The van der Waals surface area contributed by atoms with Crippen LogP contribution in [-0.2, 0) is 20.8 Å². The monoisotopic (exact) mass is 350 g/mol. The number of amides is 1. The van der Waals surface area contributed by atoms with Gasteiger partial charge in [-0.3, -0.25) is 15.0 Å². The first kappa shape index (κ1) is 21.0. The number of nitrogens with one attached hydrogen (secondary N) is 1. The lowest BCUT2D eigenvalue weighted by atomic mass is 10.0. The van der Waals surface area contributed by atoms with Crippen molar-refractivity contribution < 1.29 is 19.1 Å². The third kappa shape index (κ3) is 7.13. The predicted molar refractivity (Wildman–Crippen MR) is 98.4 cm³/mol. The van der Waals surface area contributed by atoms with Crippen molar-refractivity contribution in [1.82, 2.24) is 4.90 Å². The zero-order valence-electron chi connectivity index (χ0n) is 16.3. The second-order valence-electron chi connectivity index (χ2n) is 7.45. The van der Waals surface area contributed by atoms with E-state index in [9.17, 15) is 9.59 Å². The van der Waals surface area contributed by atoms with Crippen LogP contribution in [-0.4, -0.2) is 42.8 Å². The molecule has 1 amide bonds. The molecule has 0 aliphatic carbocycles. The number of likely N-dealkylation sites (N-methyl/N-ethyl adjacent to an activating group) is 1. The molecule has 0 unspecified atom stereocenters. The molecule has 0 spiro atoms. The van der Waals surface area contributed by atoms with E-state index in [0.717, 1.165) is 5.56 Å². The van der Waals surface area contributed by atoms with E-state index < -0.39 is 11.7 Å². The minimum Gasteiger partial charge on any atom is -0.468 e. The molecule has 0 fully saturated rings. The van der Waals surface area contributed by atoms with Gasteiger partial charge in [-0.15, -0.1) is 0 Å². The Labute approximate surface area is 150 Å². The highest BCUT2D eigenvalue weighted by Gasteiger charge is 2.27. The van der Waals surface area contributed by atoms with Gasteiger partial charge in [0.2, 0.25) is 0 Å². The van der Waals surface area contributed by atoms with Crippen molar-refractivity contribution in [3.8, 4) is 0 Å². The van der Waals surface area contributed by atoms with Crippen molar-refractivity contribution in [1.29, 1.82) is 0 Å². The number of methoxy groups -OCH3 is 1. The first-order chi connectivity index (χ1) is 11.5. The molecular weight excluding hydrogens is 320 g/mol. The molecule has 0 saturated heterocycles. The fourth-order valence-electron chi connectivity index (χ4n) is 2.64. The topological polar surface area (TPSA) is 67.9 Å². The number of benzene rings is 1. The highest BCUT2D eigenvalue weighted by molar-refractivity contribution is 5.84. The Bertz CT molecular complexity index is 593. The van der Waals surface area contributed by atoms with E-state index in [-0.39, 0.29) is 17.9 Å². The Morgan fingerprint density at radius 2 is 1.88 bits per heavy atom. The van der Waals surface area contributed by atoms with Crippen LogP contribution in [0.1, 0.15) is 40.2 Å². The fourth-order valence-corrected chi connectivity index (χ4v) is 2.64. The van der Waals surface area contributed by atoms with E-state index in [2.05, 4.69) is 5.32 Å². The highest BCUT2D eigenvalue weighted by atomic mass is 16.6. The number of carbonyl (C=O) groups excluding carboxylic acids is 2. The SMILES string of the molecule is COC(=O)[C@H](C(C)C)N(C)Cc1cccc(NC(=O)OC(C)(C)C)c1. The van der Waals surface area contributed by atoms with Crippen molar-refractivity contribution in [2.75, 3.05) is 19.5 Å². The maximum atomic E-state index is 12.0. The van der Waals surface area contributed by atoms with Crippen molar-refractivity contribution in [2.45, 2.75) is 52.8 Å². The smallest absolute Gasteiger partial charge is 0.412 e. The van der Waals surface area contributed by atoms with Crippen molar-refractivity contribution >= 4 is 17.7 Å². The van der Waals surface area contributed by atoms with Crippen LogP contribution >= 0.6 is 0 Å². The number of carbonyl (C=O) groups is 2. The lowest BCUT2D eigenvalue weighted by Crippen LogP contribution is -2.42. The van der Waals surface area contributed by atoms with Gasteiger partial charge in [-0.2, -0.15) is 0 Å². The van der Waals surface area contributed by atoms with Crippen LogP contribution in [0.5, 0.6) is 0 Å². The zero-order valence-corrected chi connectivity index (χ0v) is 16.3. The summed E-state index contributed by atoms with van der Waals surface area (Å²) in [5.74, 6) is -0.124. The van der Waals surface area contributed by atoms with Gasteiger partial charge in [-0.1, -0.05) is 26.0 Å². The molecular formula is C19H30N2O4. The number of hydrogen-bond donors (Lipinski definition) is 1. The normalized spacial score (nSPS) is 12.8. The third-order valence-electron chi connectivity index (χ3n) is 3.55. The first-order valence-electron chi connectivity index (χ1n) is 8.40. The van der Waals surface area contributed by atoms with Gasteiger partial charge in [0.05, 0.1) is 7.11 Å². The lowest BCUT2D eigenvalue weighted by Gasteiger charge is -2.29. The predicted octanol–water partition coefficient (Wildman–Crippen LogP) is 3.66. The van der Waals surface area contributed by atoms with Crippen LogP contribution in [0.25, 0.3) is 0 Å². The van der Waals surface area contributed by atoms with E-state index in [1.54, 1.807) is 6.07 Å². The van der Waals surface area contributed by atoms with E-state index >= 15 is 0 Å². The average Bonchev–Trinajstić information content (AvgIpc) is 2.44. The van der Waals surface area contributed by atoms with E-state index in [1.165, 1.54) is 7.11 Å². The van der Waals surface area contributed by atoms with Crippen LogP contribution in [0.4, 0.5) is 10.5 Å². The molecule has 1 N–H and O–H groups in total. The maximum absolute atomic E-state index is 12.0. The molecule has 0 heterocycles. The summed E-state index contributed by atoms with van der Waals surface area (Å²) in [5, 5.41) is 2.73. The van der Waals surface area contributed by atoms with Crippen LogP contribution in [0.15, 0.2) is 24.3 Å². The Morgan fingerprint density at radius 3 is 2.40 bits per heavy atom. The first-order valence-corrected chi connectivity index (χ1v) is 8.40. The summed E-state index contributed by atoms with van der Waals surface area (Å²) in [7, 11) is 3.28. The molecule has 140 valence electrons. The summed E-state index contributed by atoms with van der Waals surface area (Å²) < 4.78 is 10.2. The largest absolute Gasteiger partial charge is 0.468 e. The molecule has 1 atom stereocenters. The molecule has 0 aliphatic heterocycles. The van der Waals surface area contributed by atoms with E-state index in [0.29, 0.717) is 12.2 Å². The molecule has 0 aliphatic rings. The van der Waals surface area contributed by atoms with Crippen molar-refractivity contribution in [3.63, 3.8) is 0 Å². The maximum Gasteiger partial charge on any atom is 0.412 e. The summed E-state index contributed by atoms with van der Waals surface area (Å²) in [4.78, 5) is 25.8. The molecule has 25 heavy (non-hydrogen) atoms. The summed E-state index contributed by atoms with van der Waals surface area (Å²) in [5.41, 5.74) is 1.08. The Balaban J connectivity index is 2.80. The van der Waals surface area contributed by atoms with Gasteiger partial charge in [0.1, 0.15) is 11.6 Å². The summed E-state index contributed by atoms with van der Waals surface area (Å²) in [6, 6.07) is 7.15. The van der Waals surface area contributed by atoms with Gasteiger partial charge < -0.3 is 9.47 Å². The summed E-state index contributed by atoms with van der Waals surface area (Å²) in [6.45, 7) is 9.98. The van der Waals surface area contributed by atoms with Crippen molar-refractivity contribution in [3.05, 3.63) is 29.8 Å². The third-order valence-corrected chi connectivity index (χ3v) is 3.55. The minimum absolute atomic E-state index is 0.125. The number of ether oxygens (including phenoxy) is 2. The average molecular weight is 350 g/mol. The second kappa shape index (κ2) is 8.85. The van der Waals surface area contributed by atoms with Gasteiger partial charge in [-0.25, -0.2) is 4.79 Å². The molecule has 1 aromatic carbocycles. The quantitative estimate of drug-likeness (QED) is 0.793. The standard InChI is InChI=1S/C19H30N2O4/c1-13(2)16(17(22)24-7)21(6)12-14-9-8-10-15(11-14)20-18(23)25-19(3,4)5/h8-11,13,16H,12H2,1-7H3,(H,20,23)/t16-/m0/s1. The molecule has 6 nitrogen and oxygen atoms in total. The van der Waals surface area contributed by atoms with Gasteiger partial charge in [0.15, 0.2) is 0 Å². The summed E-state index contributed by atoms with van der Waals surface area (Å²) in [6.07, 6.45) is -0.493. The van der Waals surface area contributed by atoms with E-state index in [1.807, 2.05) is 64.8 Å². The van der Waals surface area contributed by atoms with Crippen LogP contribution < -0.4 is 5.32 Å².